The number of hydrogen-bond acceptors (Lipinski definition) is 4. The van der Waals surface area contributed by atoms with E-state index in [1.54, 1.807) is 13.0 Å². The molecule has 6 nitrogen and oxygen atoms in total. The van der Waals surface area contributed by atoms with Gasteiger partial charge in [0.15, 0.2) is 0 Å². The molecular formula is C27H28F5N3O3. The van der Waals surface area contributed by atoms with E-state index in [1.807, 2.05) is 0 Å². The van der Waals surface area contributed by atoms with Crippen LogP contribution in [0.3, 0.4) is 0 Å². The second kappa shape index (κ2) is 9.59. The molecule has 2 N–H and O–H groups in total. The number of aliphatic hydroxyl groups is 1. The fraction of sp³-hybridized carbons (Fsp3) is 0.519. The highest BCUT2D eigenvalue weighted by Crippen LogP contribution is 2.47. The van der Waals surface area contributed by atoms with Gasteiger partial charge in [0, 0.05) is 34.6 Å². The van der Waals surface area contributed by atoms with Crippen molar-refractivity contribution in [2.75, 3.05) is 0 Å². The number of rotatable bonds is 6. The molecular weight excluding hydrogens is 509 g/mol. The van der Waals surface area contributed by atoms with Crippen molar-refractivity contribution in [1.29, 1.82) is 0 Å². The Morgan fingerprint density at radius 1 is 1.08 bits per heavy atom. The van der Waals surface area contributed by atoms with Gasteiger partial charge in [-0.25, -0.2) is 8.78 Å². The van der Waals surface area contributed by atoms with Gasteiger partial charge >= 0.3 is 6.18 Å². The molecule has 0 spiro atoms. The molecule has 0 radical (unpaired) electrons. The molecule has 5 atom stereocenters. The van der Waals surface area contributed by atoms with Crippen molar-refractivity contribution in [3.05, 3.63) is 64.0 Å². The normalized spacial score (nSPS) is 24.4. The van der Waals surface area contributed by atoms with Crippen LogP contribution in [0.25, 0.3) is 0 Å². The van der Waals surface area contributed by atoms with E-state index in [-0.39, 0.29) is 35.1 Å². The average molecular weight is 538 g/mol. The molecule has 2 amide bonds. The summed E-state index contributed by atoms with van der Waals surface area (Å²) in [5, 5.41) is 12.9. The molecule has 3 fully saturated rings. The first-order valence-corrected chi connectivity index (χ1v) is 12.7. The fourth-order valence-electron chi connectivity index (χ4n) is 5.72. The standard InChI is InChI=1S/C27H28F5N3O3/c1-12-7-16(18(11-33-12)13(2)36)26(38)35-22-6-5-15(22)8-23(35)25(37)34-24(14-3-4-14)17-9-21(29)19(10-20(17)28)27(30,31)32/h7,9-11,13-15,22-24,36H,3-6,8H2,1-2H3,(H,34,37)/t13?,15-,22-,23-,24-/m1/s1. The third-order valence-electron chi connectivity index (χ3n) is 8.00. The van der Waals surface area contributed by atoms with E-state index in [4.69, 9.17) is 0 Å². The zero-order valence-corrected chi connectivity index (χ0v) is 20.9. The van der Waals surface area contributed by atoms with Gasteiger partial charge in [-0.05, 0) is 76.0 Å². The van der Waals surface area contributed by atoms with Gasteiger partial charge in [0.05, 0.1) is 17.7 Å². The summed E-state index contributed by atoms with van der Waals surface area (Å²) in [4.78, 5) is 33.0. The van der Waals surface area contributed by atoms with Gasteiger partial charge in [0.1, 0.15) is 17.7 Å². The Hall–Kier alpha value is -3.08. The molecule has 1 aromatic carbocycles. The number of carbonyl (C=O) groups is 2. The summed E-state index contributed by atoms with van der Waals surface area (Å²) in [5.74, 6) is -3.99. The molecule has 11 heteroatoms. The van der Waals surface area contributed by atoms with Crippen LogP contribution < -0.4 is 5.32 Å². The van der Waals surface area contributed by atoms with Crippen molar-refractivity contribution in [3.8, 4) is 0 Å². The summed E-state index contributed by atoms with van der Waals surface area (Å²) >= 11 is 0. The van der Waals surface area contributed by atoms with E-state index in [1.165, 1.54) is 18.0 Å². The number of likely N-dealkylation sites (tertiary alicyclic amines) is 1. The summed E-state index contributed by atoms with van der Waals surface area (Å²) < 4.78 is 68.3. The second-order valence-electron chi connectivity index (χ2n) is 10.6. The van der Waals surface area contributed by atoms with E-state index in [2.05, 4.69) is 10.3 Å². The summed E-state index contributed by atoms with van der Waals surface area (Å²) in [5.41, 5.74) is -0.901. The number of carbonyl (C=O) groups excluding carboxylic acids is 2. The van der Waals surface area contributed by atoms with Crippen molar-refractivity contribution in [1.82, 2.24) is 15.2 Å². The maximum absolute atomic E-state index is 14.8. The van der Waals surface area contributed by atoms with Crippen molar-refractivity contribution >= 4 is 11.8 Å². The number of benzene rings is 1. The minimum atomic E-state index is -5.05. The molecule has 38 heavy (non-hydrogen) atoms. The zero-order chi connectivity index (χ0) is 27.5. The van der Waals surface area contributed by atoms with Crippen LogP contribution in [0.5, 0.6) is 0 Å². The Morgan fingerprint density at radius 3 is 2.37 bits per heavy atom. The molecule has 3 aliphatic rings. The van der Waals surface area contributed by atoms with Gasteiger partial charge in [-0.2, -0.15) is 13.2 Å². The zero-order valence-electron chi connectivity index (χ0n) is 20.9. The van der Waals surface area contributed by atoms with Crippen LogP contribution in [0, 0.1) is 30.4 Å². The first kappa shape index (κ1) is 26.5. The van der Waals surface area contributed by atoms with Gasteiger partial charge in [-0.1, -0.05) is 0 Å². The first-order valence-electron chi connectivity index (χ1n) is 12.7. The Balaban J connectivity index is 1.44. The van der Waals surface area contributed by atoms with E-state index in [9.17, 15) is 36.6 Å². The number of alkyl halides is 3. The number of pyridine rings is 1. The van der Waals surface area contributed by atoms with E-state index in [0.29, 0.717) is 43.0 Å². The topological polar surface area (TPSA) is 82.5 Å². The van der Waals surface area contributed by atoms with Gasteiger partial charge < -0.3 is 15.3 Å². The highest BCUT2D eigenvalue weighted by Gasteiger charge is 2.52. The summed E-state index contributed by atoms with van der Waals surface area (Å²) in [6, 6.07) is 0.120. The molecule has 1 aliphatic heterocycles. The summed E-state index contributed by atoms with van der Waals surface area (Å²) in [6.45, 7) is 3.22. The lowest BCUT2D eigenvalue weighted by molar-refractivity contribution is -0.140. The number of aryl methyl sites for hydroxylation is 1. The summed E-state index contributed by atoms with van der Waals surface area (Å²) in [7, 11) is 0. The molecule has 2 heterocycles. The Labute approximate surface area is 216 Å². The number of hydrogen-bond donors (Lipinski definition) is 2. The van der Waals surface area contributed by atoms with Gasteiger partial charge in [-0.15, -0.1) is 0 Å². The molecule has 1 aromatic heterocycles. The van der Waals surface area contributed by atoms with E-state index < -0.39 is 53.4 Å². The molecule has 0 bridgehead atoms. The highest BCUT2D eigenvalue weighted by molar-refractivity contribution is 5.99. The fourth-order valence-corrected chi connectivity index (χ4v) is 5.72. The number of nitrogens with zero attached hydrogens (tertiary/aromatic N) is 2. The number of aliphatic hydroxyl groups excluding tert-OH is 1. The number of nitrogens with one attached hydrogen (secondary N) is 1. The van der Waals surface area contributed by atoms with Crippen molar-refractivity contribution < 1.29 is 36.6 Å². The minimum Gasteiger partial charge on any atom is -0.389 e. The van der Waals surface area contributed by atoms with Gasteiger partial charge in [0.25, 0.3) is 5.91 Å². The average Bonchev–Trinajstić information content (AvgIpc) is 3.62. The Morgan fingerprint density at radius 2 is 1.79 bits per heavy atom. The molecule has 2 aromatic rings. The molecule has 1 unspecified atom stereocenters. The van der Waals surface area contributed by atoms with Crippen molar-refractivity contribution in [2.24, 2.45) is 11.8 Å². The van der Waals surface area contributed by atoms with Crippen LogP contribution in [0.2, 0.25) is 0 Å². The SMILES string of the molecule is Cc1cc(C(=O)N2[C@@H](C(=O)N[C@@H](c3cc(F)c(C(F)(F)F)cc3F)C3CC3)C[C@H]3CC[C@H]32)c(C(C)O)cn1. The molecule has 2 saturated carbocycles. The maximum atomic E-state index is 14.8. The predicted octanol–water partition coefficient (Wildman–Crippen LogP) is 5.00. The Kier molecular flexibility index (Phi) is 6.69. The third kappa shape index (κ3) is 4.76. The van der Waals surface area contributed by atoms with E-state index in [0.717, 1.165) is 6.42 Å². The predicted molar refractivity (Wildman–Crippen MR) is 126 cm³/mol. The van der Waals surface area contributed by atoms with Crippen LogP contribution in [-0.2, 0) is 11.0 Å². The number of fused-ring (bicyclic) bond motifs is 1. The lowest BCUT2D eigenvalue weighted by atomic mass is 9.80. The van der Waals surface area contributed by atoms with Crippen LogP contribution in [0.1, 0.15) is 83.9 Å². The monoisotopic (exact) mass is 537 g/mol. The van der Waals surface area contributed by atoms with Crippen LogP contribution in [-0.4, -0.2) is 38.9 Å². The van der Waals surface area contributed by atoms with Crippen LogP contribution >= 0.6 is 0 Å². The highest BCUT2D eigenvalue weighted by atomic mass is 19.4. The third-order valence-corrected chi connectivity index (χ3v) is 8.00. The molecule has 1 saturated heterocycles. The Bertz CT molecular complexity index is 1280. The van der Waals surface area contributed by atoms with Crippen molar-refractivity contribution in [2.45, 2.75) is 76.4 Å². The van der Waals surface area contributed by atoms with Crippen LogP contribution in [0.15, 0.2) is 24.4 Å². The largest absolute Gasteiger partial charge is 0.419 e. The lowest BCUT2D eigenvalue weighted by Crippen LogP contribution is -2.51. The smallest absolute Gasteiger partial charge is 0.389 e. The van der Waals surface area contributed by atoms with E-state index >= 15 is 0 Å². The quantitative estimate of drug-likeness (QED) is 0.508. The van der Waals surface area contributed by atoms with Crippen molar-refractivity contribution in [3.63, 3.8) is 0 Å². The van der Waals surface area contributed by atoms with Gasteiger partial charge in [0.2, 0.25) is 5.91 Å². The molecule has 5 rings (SSSR count). The maximum Gasteiger partial charge on any atom is 0.419 e. The first-order chi connectivity index (χ1) is 17.9. The van der Waals surface area contributed by atoms with Crippen LogP contribution in [0.4, 0.5) is 22.0 Å². The van der Waals surface area contributed by atoms with Gasteiger partial charge in [-0.3, -0.25) is 14.6 Å². The number of amides is 2. The number of aromatic nitrogens is 1. The minimum absolute atomic E-state index is 0.104. The second-order valence-corrected chi connectivity index (χ2v) is 10.6. The lowest BCUT2D eigenvalue weighted by Gasteiger charge is -2.37. The number of halogens is 5. The summed E-state index contributed by atoms with van der Waals surface area (Å²) in [6.07, 6.45) is -1.47. The molecule has 204 valence electrons. The molecule has 2 aliphatic carbocycles.